The van der Waals surface area contributed by atoms with Crippen LogP contribution in [0.1, 0.15) is 38.2 Å². The van der Waals surface area contributed by atoms with E-state index >= 15 is 0 Å². The van der Waals surface area contributed by atoms with Crippen LogP contribution in [0.2, 0.25) is 0 Å². The van der Waals surface area contributed by atoms with Gasteiger partial charge in [0.15, 0.2) is 0 Å². The Bertz CT molecular complexity index is 675. The Hall–Kier alpha value is -1.89. The van der Waals surface area contributed by atoms with Gasteiger partial charge in [-0.1, -0.05) is 43.7 Å². The van der Waals surface area contributed by atoms with Crippen LogP contribution >= 0.6 is 0 Å². The molecule has 1 amide bonds. The highest BCUT2D eigenvalue weighted by atomic mass is 19.4. The molecule has 0 radical (unpaired) electrons. The lowest BCUT2D eigenvalue weighted by molar-refractivity contribution is -0.317. The number of hydrazone groups is 1. The van der Waals surface area contributed by atoms with Crippen LogP contribution in [0.15, 0.2) is 35.4 Å². The lowest BCUT2D eigenvalue weighted by atomic mass is 9.75. The molecule has 3 rings (SSSR count). The fraction of sp³-hybridized carbons (Fsp3) is 0.556. The Kier molecular flexibility index (Phi) is 4.62. The predicted molar refractivity (Wildman–Crippen MR) is 86.6 cm³/mol. The van der Waals surface area contributed by atoms with Crippen LogP contribution in [0.3, 0.4) is 0 Å². The first-order valence-electron chi connectivity index (χ1n) is 8.49. The van der Waals surface area contributed by atoms with Crippen LogP contribution in [0, 0.1) is 11.8 Å². The first-order chi connectivity index (χ1) is 11.7. The van der Waals surface area contributed by atoms with Crippen molar-refractivity contribution in [3.63, 3.8) is 0 Å². The third-order valence-corrected chi connectivity index (χ3v) is 5.14. The third-order valence-electron chi connectivity index (χ3n) is 5.14. The number of rotatable bonds is 3. The molecule has 7 heteroatoms. The Labute approximate surface area is 144 Å². The van der Waals surface area contributed by atoms with Gasteiger partial charge in [0.05, 0.1) is 5.92 Å². The van der Waals surface area contributed by atoms with Crippen LogP contribution in [-0.2, 0) is 11.2 Å². The zero-order valence-corrected chi connectivity index (χ0v) is 14.0. The number of carbonyl (C=O) groups excluding carboxylic acids is 1. The first-order valence-corrected chi connectivity index (χ1v) is 8.49. The van der Waals surface area contributed by atoms with Crippen molar-refractivity contribution < 1.29 is 23.1 Å². The van der Waals surface area contributed by atoms with Crippen molar-refractivity contribution in [1.29, 1.82) is 0 Å². The third kappa shape index (κ3) is 3.05. The Balaban J connectivity index is 1.85. The largest absolute Gasteiger partial charge is 0.439 e. The van der Waals surface area contributed by atoms with Crippen LogP contribution in [0.5, 0.6) is 0 Å². The van der Waals surface area contributed by atoms with Gasteiger partial charge < -0.3 is 5.11 Å². The summed E-state index contributed by atoms with van der Waals surface area (Å²) < 4.78 is 41.1. The second-order valence-electron chi connectivity index (χ2n) is 6.82. The summed E-state index contributed by atoms with van der Waals surface area (Å²) >= 11 is 0. The van der Waals surface area contributed by atoms with E-state index in [1.165, 1.54) is 0 Å². The molecule has 0 aromatic heterocycles. The van der Waals surface area contributed by atoms with Gasteiger partial charge in [-0.15, -0.1) is 0 Å². The summed E-state index contributed by atoms with van der Waals surface area (Å²) in [4.78, 5) is 12.5. The molecule has 1 aromatic rings. The molecule has 1 heterocycles. The fourth-order valence-electron chi connectivity index (χ4n) is 3.75. The zero-order chi connectivity index (χ0) is 18.2. The second-order valence-corrected chi connectivity index (χ2v) is 6.82. The molecule has 136 valence electrons. The number of nitrogens with zero attached hydrogens (tertiary/aromatic N) is 2. The molecule has 4 nitrogen and oxygen atoms in total. The molecule has 1 aliphatic heterocycles. The summed E-state index contributed by atoms with van der Waals surface area (Å²) in [6.45, 7) is 1.79. The predicted octanol–water partition coefficient (Wildman–Crippen LogP) is 3.50. The normalized spacial score (nSPS) is 29.3. The van der Waals surface area contributed by atoms with Gasteiger partial charge in [-0.2, -0.15) is 23.3 Å². The van der Waals surface area contributed by atoms with Gasteiger partial charge in [-0.25, -0.2) is 0 Å². The van der Waals surface area contributed by atoms with E-state index in [1.54, 1.807) is 31.2 Å². The van der Waals surface area contributed by atoms with Crippen LogP contribution in [0.4, 0.5) is 13.2 Å². The summed E-state index contributed by atoms with van der Waals surface area (Å²) in [5.74, 6) is -2.14. The molecule has 25 heavy (non-hydrogen) atoms. The van der Waals surface area contributed by atoms with Crippen LogP contribution in [0.25, 0.3) is 0 Å². The summed E-state index contributed by atoms with van der Waals surface area (Å²) in [6.07, 6.45) is -3.32. The lowest BCUT2D eigenvalue weighted by Crippen LogP contribution is -2.61. The molecule has 1 fully saturated rings. The topological polar surface area (TPSA) is 52.9 Å². The molecular formula is C18H21F3N2O2. The standard InChI is InChI=1S/C18H21F3N2O2/c1-12-6-5-9-14-16(12)22-23(17(14,25)18(19,20)21)15(24)11-10-13-7-3-2-4-8-13/h2-4,7-8,12,14,25H,5-6,9-11H2,1H3/t12-,14-,17-/m1/s1. The van der Waals surface area contributed by atoms with E-state index in [1.807, 2.05) is 6.07 Å². The minimum Gasteiger partial charge on any atom is -0.362 e. The zero-order valence-electron chi connectivity index (χ0n) is 14.0. The van der Waals surface area contributed by atoms with E-state index in [-0.39, 0.29) is 18.8 Å². The fourth-order valence-corrected chi connectivity index (χ4v) is 3.75. The van der Waals surface area contributed by atoms with Gasteiger partial charge >= 0.3 is 6.18 Å². The maximum Gasteiger partial charge on any atom is 0.439 e. The number of aryl methyl sites for hydroxylation is 1. The van der Waals surface area contributed by atoms with Gasteiger partial charge in [0, 0.05) is 12.1 Å². The highest BCUT2D eigenvalue weighted by Crippen LogP contribution is 2.49. The van der Waals surface area contributed by atoms with Gasteiger partial charge in [0.25, 0.3) is 5.72 Å². The van der Waals surface area contributed by atoms with E-state index in [4.69, 9.17) is 0 Å². The molecule has 0 unspecified atom stereocenters. The van der Waals surface area contributed by atoms with Crippen molar-refractivity contribution in [1.82, 2.24) is 5.01 Å². The van der Waals surface area contributed by atoms with Crippen molar-refractivity contribution >= 4 is 11.6 Å². The highest BCUT2D eigenvalue weighted by molar-refractivity contribution is 5.94. The first kappa shape index (κ1) is 17.9. The number of fused-ring (bicyclic) bond motifs is 1. The molecule has 3 atom stereocenters. The molecule has 1 aromatic carbocycles. The Morgan fingerprint density at radius 3 is 2.64 bits per heavy atom. The van der Waals surface area contributed by atoms with Crippen molar-refractivity contribution in [2.24, 2.45) is 16.9 Å². The van der Waals surface area contributed by atoms with Crippen LogP contribution < -0.4 is 0 Å². The molecule has 1 N–H and O–H groups in total. The van der Waals surface area contributed by atoms with E-state index in [2.05, 4.69) is 5.10 Å². The number of halogens is 3. The molecule has 0 spiro atoms. The number of aliphatic hydroxyl groups is 1. The van der Waals surface area contributed by atoms with E-state index in [0.29, 0.717) is 23.6 Å². The number of hydrogen-bond donors (Lipinski definition) is 1. The maximum atomic E-state index is 13.7. The number of alkyl halides is 3. The smallest absolute Gasteiger partial charge is 0.362 e. The number of carbonyl (C=O) groups is 1. The van der Waals surface area contributed by atoms with E-state index in [0.717, 1.165) is 12.0 Å². The van der Waals surface area contributed by atoms with Gasteiger partial charge in [0.2, 0.25) is 5.91 Å². The molecule has 0 saturated heterocycles. The lowest BCUT2D eigenvalue weighted by Gasteiger charge is -2.39. The van der Waals surface area contributed by atoms with Gasteiger partial charge in [-0.05, 0) is 30.7 Å². The summed E-state index contributed by atoms with van der Waals surface area (Å²) in [5.41, 5.74) is -2.09. The molecule has 0 bridgehead atoms. The molecular weight excluding hydrogens is 333 g/mol. The van der Waals surface area contributed by atoms with Crippen LogP contribution in [-0.4, -0.2) is 33.6 Å². The van der Waals surface area contributed by atoms with Gasteiger partial charge in [0.1, 0.15) is 0 Å². The maximum absolute atomic E-state index is 13.7. The number of amides is 1. The van der Waals surface area contributed by atoms with Crippen molar-refractivity contribution in [2.75, 3.05) is 0 Å². The van der Waals surface area contributed by atoms with E-state index in [9.17, 15) is 23.1 Å². The van der Waals surface area contributed by atoms with Crippen molar-refractivity contribution in [2.45, 2.75) is 50.9 Å². The summed E-state index contributed by atoms with van der Waals surface area (Å²) in [6, 6.07) is 9.05. The summed E-state index contributed by atoms with van der Waals surface area (Å²) in [7, 11) is 0. The average Bonchev–Trinajstić information content (AvgIpc) is 2.89. The number of benzene rings is 1. The molecule has 1 saturated carbocycles. The SMILES string of the molecule is C[C@@H]1CCC[C@@H]2C1=NN(C(=O)CCc1ccccc1)[C@]2(O)C(F)(F)F. The summed E-state index contributed by atoms with van der Waals surface area (Å²) in [5, 5.41) is 14.8. The highest BCUT2D eigenvalue weighted by Gasteiger charge is 2.68. The minimum atomic E-state index is -4.96. The number of hydrogen-bond acceptors (Lipinski definition) is 3. The molecule has 2 aliphatic rings. The average molecular weight is 354 g/mol. The van der Waals surface area contributed by atoms with Gasteiger partial charge in [-0.3, -0.25) is 4.79 Å². The monoisotopic (exact) mass is 354 g/mol. The molecule has 1 aliphatic carbocycles. The van der Waals surface area contributed by atoms with E-state index < -0.39 is 23.7 Å². The van der Waals surface area contributed by atoms with Crippen molar-refractivity contribution in [3.05, 3.63) is 35.9 Å². The quantitative estimate of drug-likeness (QED) is 0.903. The van der Waals surface area contributed by atoms with Crippen molar-refractivity contribution in [3.8, 4) is 0 Å². The second kappa shape index (κ2) is 6.44. The Morgan fingerprint density at radius 1 is 1.32 bits per heavy atom. The Morgan fingerprint density at radius 2 is 2.00 bits per heavy atom. The minimum absolute atomic E-state index is 0.139.